The van der Waals surface area contributed by atoms with E-state index in [-0.39, 0.29) is 0 Å². The van der Waals surface area contributed by atoms with E-state index in [2.05, 4.69) is 19.2 Å². The second-order valence-electron chi connectivity index (χ2n) is 5.87. The molecule has 2 rings (SSSR count). The van der Waals surface area contributed by atoms with Gasteiger partial charge in [0.2, 0.25) is 0 Å². The van der Waals surface area contributed by atoms with Crippen LogP contribution in [0.25, 0.3) is 0 Å². The molecule has 2 aliphatic rings. The van der Waals surface area contributed by atoms with Crippen LogP contribution in [-0.4, -0.2) is 25.8 Å². The molecule has 94 valence electrons. The van der Waals surface area contributed by atoms with Crippen molar-refractivity contribution in [3.05, 3.63) is 0 Å². The van der Waals surface area contributed by atoms with Gasteiger partial charge >= 0.3 is 0 Å². The molecule has 1 saturated carbocycles. The molecule has 0 spiro atoms. The molecule has 0 radical (unpaired) electrons. The van der Waals surface area contributed by atoms with Gasteiger partial charge < -0.3 is 10.1 Å². The van der Waals surface area contributed by atoms with Crippen LogP contribution in [-0.2, 0) is 4.74 Å². The molecule has 0 bridgehead atoms. The fourth-order valence-corrected chi connectivity index (χ4v) is 2.98. The highest BCUT2D eigenvalue weighted by Crippen LogP contribution is 2.49. The van der Waals surface area contributed by atoms with Crippen LogP contribution in [0.2, 0.25) is 0 Å². The van der Waals surface area contributed by atoms with Gasteiger partial charge in [0.1, 0.15) is 0 Å². The van der Waals surface area contributed by atoms with Crippen molar-refractivity contribution in [1.29, 1.82) is 0 Å². The second kappa shape index (κ2) is 5.50. The second-order valence-corrected chi connectivity index (χ2v) is 5.87. The number of ether oxygens (including phenoxy) is 1. The molecule has 1 heterocycles. The summed E-state index contributed by atoms with van der Waals surface area (Å²) in [5, 5.41) is 3.78. The van der Waals surface area contributed by atoms with Crippen molar-refractivity contribution in [1.82, 2.24) is 5.32 Å². The Balaban J connectivity index is 1.68. The Kier molecular flexibility index (Phi) is 4.26. The van der Waals surface area contributed by atoms with Crippen molar-refractivity contribution in [2.24, 2.45) is 11.3 Å². The van der Waals surface area contributed by atoms with Crippen LogP contribution in [0.5, 0.6) is 0 Å². The summed E-state index contributed by atoms with van der Waals surface area (Å²) in [4.78, 5) is 0. The van der Waals surface area contributed by atoms with Crippen molar-refractivity contribution in [3.63, 3.8) is 0 Å². The number of rotatable bonds is 6. The van der Waals surface area contributed by atoms with Gasteiger partial charge in [0, 0.05) is 25.8 Å². The molecule has 0 amide bonds. The minimum atomic E-state index is 0.679. The monoisotopic (exact) mass is 225 g/mol. The zero-order chi connectivity index (χ0) is 11.4. The predicted octanol–water partition coefficient (Wildman–Crippen LogP) is 2.97. The van der Waals surface area contributed by atoms with Gasteiger partial charge in [-0.05, 0) is 50.4 Å². The lowest BCUT2D eigenvalue weighted by Gasteiger charge is -2.30. The van der Waals surface area contributed by atoms with Crippen LogP contribution in [0, 0.1) is 11.3 Å². The summed E-state index contributed by atoms with van der Waals surface area (Å²) in [5.41, 5.74) is 0.689. The molecular formula is C14H27NO. The quantitative estimate of drug-likeness (QED) is 0.750. The number of hydrogen-bond donors (Lipinski definition) is 1. The van der Waals surface area contributed by atoms with Crippen LogP contribution in [0.1, 0.15) is 52.4 Å². The Morgan fingerprint density at radius 2 is 2.00 bits per heavy atom. The molecule has 2 fully saturated rings. The fourth-order valence-electron chi connectivity index (χ4n) is 2.98. The summed E-state index contributed by atoms with van der Waals surface area (Å²) in [6.07, 6.45) is 8.15. The average molecular weight is 225 g/mol. The molecule has 16 heavy (non-hydrogen) atoms. The maximum absolute atomic E-state index is 5.42. The maximum atomic E-state index is 5.42. The Hall–Kier alpha value is -0.0800. The van der Waals surface area contributed by atoms with Crippen LogP contribution < -0.4 is 5.32 Å². The molecule has 1 saturated heterocycles. The fraction of sp³-hybridized carbons (Fsp3) is 1.00. The number of nitrogens with one attached hydrogen (secondary N) is 1. The van der Waals surface area contributed by atoms with Crippen LogP contribution >= 0.6 is 0 Å². The smallest absolute Gasteiger partial charge is 0.0469 e. The standard InChI is InChI=1S/C14H27NO/c1-3-6-14(7-8-14)11-15-12(2)13-4-9-16-10-5-13/h12-13,15H,3-11H2,1-2H3. The summed E-state index contributed by atoms with van der Waals surface area (Å²) >= 11 is 0. The largest absolute Gasteiger partial charge is 0.381 e. The van der Waals surface area contributed by atoms with Gasteiger partial charge in [-0.2, -0.15) is 0 Å². The molecule has 1 aliphatic heterocycles. The molecule has 0 aromatic heterocycles. The molecule has 1 unspecified atom stereocenters. The molecule has 1 N–H and O–H groups in total. The van der Waals surface area contributed by atoms with Crippen molar-refractivity contribution in [3.8, 4) is 0 Å². The van der Waals surface area contributed by atoms with E-state index in [9.17, 15) is 0 Å². The maximum Gasteiger partial charge on any atom is 0.0469 e. The van der Waals surface area contributed by atoms with E-state index in [4.69, 9.17) is 4.74 Å². The van der Waals surface area contributed by atoms with E-state index < -0.39 is 0 Å². The van der Waals surface area contributed by atoms with Crippen molar-refractivity contribution >= 4 is 0 Å². The summed E-state index contributed by atoms with van der Waals surface area (Å²) < 4.78 is 5.42. The molecule has 0 aromatic rings. The molecular weight excluding hydrogens is 198 g/mol. The number of hydrogen-bond acceptors (Lipinski definition) is 2. The first kappa shape index (κ1) is 12.4. The van der Waals surface area contributed by atoms with Crippen molar-refractivity contribution in [2.75, 3.05) is 19.8 Å². The Labute approximate surface area is 100 Å². The van der Waals surface area contributed by atoms with Gasteiger partial charge in [0.25, 0.3) is 0 Å². The Morgan fingerprint density at radius 3 is 2.56 bits per heavy atom. The lowest BCUT2D eigenvalue weighted by Crippen LogP contribution is -2.39. The minimum Gasteiger partial charge on any atom is -0.381 e. The van der Waals surface area contributed by atoms with Gasteiger partial charge in [-0.3, -0.25) is 0 Å². The van der Waals surface area contributed by atoms with Crippen molar-refractivity contribution in [2.45, 2.75) is 58.4 Å². The summed E-state index contributed by atoms with van der Waals surface area (Å²) in [7, 11) is 0. The van der Waals surface area contributed by atoms with E-state index in [1.165, 1.54) is 45.1 Å². The first-order chi connectivity index (χ1) is 7.76. The molecule has 1 aliphatic carbocycles. The Bertz CT molecular complexity index is 207. The third kappa shape index (κ3) is 3.21. The van der Waals surface area contributed by atoms with Crippen LogP contribution in [0.15, 0.2) is 0 Å². The highest BCUT2D eigenvalue weighted by atomic mass is 16.5. The lowest BCUT2D eigenvalue weighted by atomic mass is 9.92. The third-order valence-corrected chi connectivity index (χ3v) is 4.51. The predicted molar refractivity (Wildman–Crippen MR) is 67.6 cm³/mol. The lowest BCUT2D eigenvalue weighted by molar-refractivity contribution is 0.0552. The van der Waals surface area contributed by atoms with E-state index in [1.54, 1.807) is 0 Å². The summed E-state index contributed by atoms with van der Waals surface area (Å²) in [6, 6.07) is 0.679. The molecule has 0 aromatic carbocycles. The van der Waals surface area contributed by atoms with Crippen molar-refractivity contribution < 1.29 is 4.74 Å². The van der Waals surface area contributed by atoms with E-state index in [0.717, 1.165) is 19.1 Å². The molecule has 2 nitrogen and oxygen atoms in total. The minimum absolute atomic E-state index is 0.679. The molecule has 2 heteroatoms. The highest BCUT2D eigenvalue weighted by molar-refractivity contribution is 4.95. The zero-order valence-corrected chi connectivity index (χ0v) is 10.9. The van der Waals surface area contributed by atoms with Crippen LogP contribution in [0.4, 0.5) is 0 Å². The third-order valence-electron chi connectivity index (χ3n) is 4.51. The normalized spacial score (nSPS) is 26.6. The van der Waals surface area contributed by atoms with Gasteiger partial charge in [-0.1, -0.05) is 13.3 Å². The Morgan fingerprint density at radius 1 is 1.31 bits per heavy atom. The zero-order valence-electron chi connectivity index (χ0n) is 10.9. The van der Waals surface area contributed by atoms with Gasteiger partial charge in [0.05, 0.1) is 0 Å². The van der Waals surface area contributed by atoms with Gasteiger partial charge in [-0.15, -0.1) is 0 Å². The van der Waals surface area contributed by atoms with Gasteiger partial charge in [0.15, 0.2) is 0 Å². The van der Waals surface area contributed by atoms with Gasteiger partial charge in [-0.25, -0.2) is 0 Å². The SMILES string of the molecule is CCCC1(CNC(C)C2CCOCC2)CC1. The summed E-state index contributed by atoms with van der Waals surface area (Å²) in [5.74, 6) is 0.839. The van der Waals surface area contributed by atoms with E-state index in [0.29, 0.717) is 11.5 Å². The van der Waals surface area contributed by atoms with Crippen LogP contribution in [0.3, 0.4) is 0 Å². The first-order valence-electron chi connectivity index (χ1n) is 7.07. The average Bonchev–Trinajstić information content (AvgIpc) is 3.08. The molecule has 1 atom stereocenters. The van der Waals surface area contributed by atoms with E-state index >= 15 is 0 Å². The first-order valence-corrected chi connectivity index (χ1v) is 7.07. The topological polar surface area (TPSA) is 21.3 Å². The summed E-state index contributed by atoms with van der Waals surface area (Å²) in [6.45, 7) is 7.85. The highest BCUT2D eigenvalue weighted by Gasteiger charge is 2.41. The van der Waals surface area contributed by atoms with E-state index in [1.807, 2.05) is 0 Å².